The molecule has 3 N–H and O–H groups in total. The molecule has 0 aliphatic carbocycles. The second kappa shape index (κ2) is 7.57. The van der Waals surface area contributed by atoms with E-state index in [1.165, 1.54) is 11.3 Å². The van der Waals surface area contributed by atoms with Gasteiger partial charge in [0.2, 0.25) is 0 Å². The Bertz CT molecular complexity index is 640. The SMILES string of the molecule is CNc1ncc(C(=O)NCC(c2ccccc2)C(C)(C)CO)s1. The number of hydrogen-bond acceptors (Lipinski definition) is 5. The van der Waals surface area contributed by atoms with Crippen LogP contribution in [0, 0.1) is 5.41 Å². The van der Waals surface area contributed by atoms with Crippen molar-refractivity contribution in [2.45, 2.75) is 19.8 Å². The van der Waals surface area contributed by atoms with Crippen LogP contribution in [-0.4, -0.2) is 36.2 Å². The number of amides is 1. The summed E-state index contributed by atoms with van der Waals surface area (Å²) in [6.45, 7) is 4.52. The topological polar surface area (TPSA) is 74.2 Å². The Morgan fingerprint density at radius 2 is 2.04 bits per heavy atom. The molecule has 2 rings (SSSR count). The second-order valence-electron chi connectivity index (χ2n) is 6.10. The molecule has 2 aromatic rings. The predicted molar refractivity (Wildman–Crippen MR) is 94.0 cm³/mol. The third-order valence-corrected chi connectivity index (χ3v) is 4.98. The Balaban J connectivity index is 2.11. The molecule has 124 valence electrons. The van der Waals surface area contributed by atoms with Gasteiger partial charge in [-0.2, -0.15) is 0 Å². The van der Waals surface area contributed by atoms with E-state index in [0.29, 0.717) is 16.6 Å². The van der Waals surface area contributed by atoms with E-state index in [-0.39, 0.29) is 23.8 Å². The van der Waals surface area contributed by atoms with E-state index in [1.54, 1.807) is 13.2 Å². The quantitative estimate of drug-likeness (QED) is 0.728. The van der Waals surface area contributed by atoms with Crippen molar-refractivity contribution in [2.24, 2.45) is 5.41 Å². The number of thiazole rings is 1. The maximum absolute atomic E-state index is 12.3. The van der Waals surface area contributed by atoms with Crippen molar-refractivity contribution in [3.63, 3.8) is 0 Å². The Morgan fingerprint density at radius 1 is 1.35 bits per heavy atom. The fraction of sp³-hybridized carbons (Fsp3) is 0.412. The molecule has 0 saturated carbocycles. The molecule has 0 spiro atoms. The van der Waals surface area contributed by atoms with Gasteiger partial charge in [-0.1, -0.05) is 55.5 Å². The lowest BCUT2D eigenvalue weighted by Gasteiger charge is -2.33. The number of carbonyl (C=O) groups excluding carboxylic acids is 1. The molecular weight excluding hydrogens is 310 g/mol. The summed E-state index contributed by atoms with van der Waals surface area (Å²) in [6, 6.07) is 9.96. The highest BCUT2D eigenvalue weighted by atomic mass is 32.1. The summed E-state index contributed by atoms with van der Waals surface area (Å²) in [6.07, 6.45) is 1.57. The lowest BCUT2D eigenvalue weighted by atomic mass is 9.75. The summed E-state index contributed by atoms with van der Waals surface area (Å²) in [5, 5.41) is 16.3. The van der Waals surface area contributed by atoms with Crippen LogP contribution in [-0.2, 0) is 0 Å². The Morgan fingerprint density at radius 3 is 2.61 bits per heavy atom. The molecule has 1 unspecified atom stereocenters. The third kappa shape index (κ3) is 4.30. The van der Waals surface area contributed by atoms with Crippen LogP contribution in [0.3, 0.4) is 0 Å². The van der Waals surface area contributed by atoms with Gasteiger partial charge in [0.05, 0.1) is 6.20 Å². The van der Waals surface area contributed by atoms with Crippen molar-refractivity contribution in [1.29, 1.82) is 0 Å². The van der Waals surface area contributed by atoms with E-state index in [2.05, 4.69) is 15.6 Å². The number of nitrogens with one attached hydrogen (secondary N) is 2. The number of hydrogen-bond donors (Lipinski definition) is 3. The molecule has 0 aliphatic rings. The number of rotatable bonds is 7. The molecule has 1 atom stereocenters. The number of aliphatic hydroxyl groups is 1. The first kappa shape index (κ1) is 17.4. The van der Waals surface area contributed by atoms with Gasteiger partial charge in [0.15, 0.2) is 5.13 Å². The Kier molecular flexibility index (Phi) is 5.74. The first-order chi connectivity index (χ1) is 11.0. The number of carbonyl (C=O) groups is 1. The molecule has 1 aromatic carbocycles. The van der Waals surface area contributed by atoms with Crippen LogP contribution in [0.4, 0.5) is 5.13 Å². The lowest BCUT2D eigenvalue weighted by Crippen LogP contribution is -2.36. The molecule has 6 heteroatoms. The van der Waals surface area contributed by atoms with E-state index in [1.807, 2.05) is 44.2 Å². The molecule has 0 saturated heterocycles. The number of nitrogens with zero attached hydrogens (tertiary/aromatic N) is 1. The highest BCUT2D eigenvalue weighted by molar-refractivity contribution is 7.17. The Labute approximate surface area is 140 Å². The van der Waals surface area contributed by atoms with Crippen molar-refractivity contribution in [1.82, 2.24) is 10.3 Å². The number of benzene rings is 1. The molecule has 0 fully saturated rings. The summed E-state index contributed by atoms with van der Waals surface area (Å²) in [4.78, 5) is 17.0. The molecule has 0 aliphatic heterocycles. The van der Waals surface area contributed by atoms with E-state index >= 15 is 0 Å². The fourth-order valence-electron chi connectivity index (χ4n) is 2.42. The van der Waals surface area contributed by atoms with Gasteiger partial charge in [-0.15, -0.1) is 0 Å². The summed E-state index contributed by atoms with van der Waals surface area (Å²) in [5.41, 5.74) is 0.769. The summed E-state index contributed by atoms with van der Waals surface area (Å²) in [7, 11) is 1.77. The predicted octanol–water partition coefficient (Wildman–Crippen LogP) is 2.72. The molecular formula is C17H23N3O2S. The molecule has 23 heavy (non-hydrogen) atoms. The maximum atomic E-state index is 12.3. The average molecular weight is 333 g/mol. The zero-order valence-electron chi connectivity index (χ0n) is 13.7. The summed E-state index contributed by atoms with van der Waals surface area (Å²) >= 11 is 1.32. The molecule has 1 heterocycles. The number of aliphatic hydroxyl groups excluding tert-OH is 1. The van der Waals surface area contributed by atoms with Crippen LogP contribution >= 0.6 is 11.3 Å². The zero-order chi connectivity index (χ0) is 16.9. The van der Waals surface area contributed by atoms with Crippen molar-refractivity contribution < 1.29 is 9.90 Å². The highest BCUT2D eigenvalue weighted by Crippen LogP contribution is 2.34. The molecule has 5 nitrogen and oxygen atoms in total. The lowest BCUT2D eigenvalue weighted by molar-refractivity contribution is 0.0924. The van der Waals surface area contributed by atoms with Crippen LogP contribution in [0.5, 0.6) is 0 Å². The van der Waals surface area contributed by atoms with Crippen molar-refractivity contribution >= 4 is 22.4 Å². The summed E-state index contributed by atoms with van der Waals surface area (Å²) < 4.78 is 0. The normalized spacial score (nSPS) is 12.7. The largest absolute Gasteiger partial charge is 0.396 e. The van der Waals surface area contributed by atoms with Gasteiger partial charge in [0, 0.05) is 26.1 Å². The Hall–Kier alpha value is -1.92. The average Bonchev–Trinajstić information content (AvgIpc) is 3.05. The van der Waals surface area contributed by atoms with E-state index < -0.39 is 0 Å². The minimum Gasteiger partial charge on any atom is -0.396 e. The van der Waals surface area contributed by atoms with Gasteiger partial charge < -0.3 is 15.7 Å². The van der Waals surface area contributed by atoms with Crippen molar-refractivity contribution in [2.75, 3.05) is 25.5 Å². The van der Waals surface area contributed by atoms with E-state index in [9.17, 15) is 9.90 Å². The summed E-state index contributed by atoms with van der Waals surface area (Å²) in [5.74, 6) is -0.118. The number of anilines is 1. The van der Waals surface area contributed by atoms with Gasteiger partial charge >= 0.3 is 0 Å². The smallest absolute Gasteiger partial charge is 0.263 e. The maximum Gasteiger partial charge on any atom is 0.263 e. The van der Waals surface area contributed by atoms with Gasteiger partial charge in [0.25, 0.3) is 5.91 Å². The molecule has 0 bridgehead atoms. The van der Waals surface area contributed by atoms with Gasteiger partial charge in [-0.3, -0.25) is 4.79 Å². The van der Waals surface area contributed by atoms with Crippen molar-refractivity contribution in [3.8, 4) is 0 Å². The van der Waals surface area contributed by atoms with Gasteiger partial charge in [-0.25, -0.2) is 4.98 Å². The minimum absolute atomic E-state index is 0.0225. The van der Waals surface area contributed by atoms with Crippen LogP contribution in [0.25, 0.3) is 0 Å². The first-order valence-corrected chi connectivity index (χ1v) is 8.37. The monoisotopic (exact) mass is 333 g/mol. The minimum atomic E-state index is -0.335. The zero-order valence-corrected chi connectivity index (χ0v) is 14.5. The van der Waals surface area contributed by atoms with Crippen LogP contribution in [0.2, 0.25) is 0 Å². The van der Waals surface area contributed by atoms with Crippen LogP contribution in [0.1, 0.15) is 35.0 Å². The second-order valence-corrected chi connectivity index (χ2v) is 7.13. The standard InChI is InChI=1S/C17H23N3O2S/c1-17(2,11-21)13(12-7-5-4-6-8-12)9-19-15(22)14-10-20-16(18-3)23-14/h4-8,10,13,21H,9,11H2,1-3H3,(H,18,20)(H,19,22). The first-order valence-electron chi connectivity index (χ1n) is 7.55. The molecule has 0 radical (unpaired) electrons. The third-order valence-electron chi connectivity index (χ3n) is 3.96. The van der Waals surface area contributed by atoms with E-state index in [4.69, 9.17) is 0 Å². The molecule has 1 aromatic heterocycles. The van der Waals surface area contributed by atoms with Gasteiger partial charge in [0.1, 0.15) is 4.88 Å². The fourth-order valence-corrected chi connectivity index (χ4v) is 3.10. The molecule has 1 amide bonds. The van der Waals surface area contributed by atoms with Crippen LogP contribution in [0.15, 0.2) is 36.5 Å². The number of aromatic nitrogens is 1. The van der Waals surface area contributed by atoms with Crippen molar-refractivity contribution in [3.05, 3.63) is 47.0 Å². The van der Waals surface area contributed by atoms with E-state index in [0.717, 1.165) is 5.56 Å². The van der Waals surface area contributed by atoms with Crippen LogP contribution < -0.4 is 10.6 Å². The van der Waals surface area contributed by atoms with Gasteiger partial charge in [-0.05, 0) is 11.0 Å². The highest BCUT2D eigenvalue weighted by Gasteiger charge is 2.30.